The molecule has 1 aromatic heterocycles. The monoisotopic (exact) mass is 390 g/mol. The van der Waals surface area contributed by atoms with Gasteiger partial charge in [0.1, 0.15) is 0 Å². The Hall–Kier alpha value is -2.18. The largest absolute Gasteiger partial charge is 0.363 e. The fourth-order valence-corrected chi connectivity index (χ4v) is 2.98. The fraction of sp³-hybridized carbons (Fsp3) is 0.0625. The number of rotatable bonds is 4. The van der Waals surface area contributed by atoms with Gasteiger partial charge in [0, 0.05) is 15.9 Å². The van der Waals surface area contributed by atoms with Crippen LogP contribution in [0, 0.1) is 0 Å². The van der Waals surface area contributed by atoms with Crippen LogP contribution in [0.3, 0.4) is 0 Å². The number of alkyl halides is 1. The number of carbonyl (C=O) groups is 1. The second kappa shape index (κ2) is 6.52. The van der Waals surface area contributed by atoms with E-state index in [1.807, 2.05) is 42.5 Å². The van der Waals surface area contributed by atoms with E-state index in [0.29, 0.717) is 16.2 Å². The smallest absolute Gasteiger partial charge is 0.288 e. The van der Waals surface area contributed by atoms with Gasteiger partial charge >= 0.3 is 0 Å². The molecule has 116 valence electrons. The van der Waals surface area contributed by atoms with Crippen molar-refractivity contribution < 1.29 is 4.79 Å². The van der Waals surface area contributed by atoms with E-state index in [-0.39, 0.29) is 5.82 Å². The second-order valence-electron chi connectivity index (χ2n) is 4.81. The number of hydrogen-bond donors (Lipinski definition) is 1. The van der Waals surface area contributed by atoms with Gasteiger partial charge in [-0.25, -0.2) is 9.67 Å². The normalized spacial score (nSPS) is 10.7. The topological polar surface area (TPSA) is 73.8 Å². The van der Waals surface area contributed by atoms with E-state index < -0.39 is 5.91 Å². The molecule has 2 N–H and O–H groups in total. The highest BCUT2D eigenvalue weighted by Crippen LogP contribution is 2.25. The molecule has 0 spiro atoms. The van der Waals surface area contributed by atoms with Gasteiger partial charge in [0.15, 0.2) is 5.82 Å². The molecule has 0 aliphatic heterocycles. The van der Waals surface area contributed by atoms with Gasteiger partial charge in [-0.15, -0.1) is 5.10 Å². The van der Waals surface area contributed by atoms with Gasteiger partial charge in [0.25, 0.3) is 5.91 Å². The van der Waals surface area contributed by atoms with Crippen molar-refractivity contribution in [1.29, 1.82) is 0 Å². The summed E-state index contributed by atoms with van der Waals surface area (Å²) in [4.78, 5) is 15.7. The molecule has 1 amide bonds. The van der Waals surface area contributed by atoms with Crippen molar-refractivity contribution in [2.75, 3.05) is 0 Å². The summed E-state index contributed by atoms with van der Waals surface area (Å²) in [6.45, 7) is 0. The minimum Gasteiger partial charge on any atom is -0.363 e. The molecule has 23 heavy (non-hydrogen) atoms. The van der Waals surface area contributed by atoms with Crippen LogP contribution < -0.4 is 5.73 Å². The Labute approximate surface area is 146 Å². The third-order valence-corrected chi connectivity index (χ3v) is 4.25. The maximum Gasteiger partial charge on any atom is 0.288 e. The number of hydrogen-bond acceptors (Lipinski definition) is 3. The van der Waals surface area contributed by atoms with E-state index in [9.17, 15) is 4.79 Å². The predicted molar refractivity (Wildman–Crippen MR) is 93.0 cm³/mol. The van der Waals surface area contributed by atoms with Crippen LogP contribution in [0.5, 0.6) is 0 Å². The van der Waals surface area contributed by atoms with Gasteiger partial charge in [-0.3, -0.25) is 4.79 Å². The Morgan fingerprint density at radius 2 is 1.96 bits per heavy atom. The van der Waals surface area contributed by atoms with Gasteiger partial charge in [-0.1, -0.05) is 57.9 Å². The molecule has 3 rings (SSSR count). The highest BCUT2D eigenvalue weighted by molar-refractivity contribution is 9.08. The molecular formula is C16H12BrClN4O. The van der Waals surface area contributed by atoms with Crippen molar-refractivity contribution in [3.05, 3.63) is 64.9 Å². The van der Waals surface area contributed by atoms with Crippen LogP contribution in [0.2, 0.25) is 5.02 Å². The van der Waals surface area contributed by atoms with Crippen molar-refractivity contribution in [3.63, 3.8) is 0 Å². The lowest BCUT2D eigenvalue weighted by atomic mass is 10.2. The van der Waals surface area contributed by atoms with Crippen LogP contribution in [0.15, 0.2) is 48.5 Å². The second-order valence-corrected chi connectivity index (χ2v) is 5.78. The van der Waals surface area contributed by atoms with Crippen molar-refractivity contribution >= 4 is 33.4 Å². The van der Waals surface area contributed by atoms with E-state index in [4.69, 9.17) is 17.3 Å². The first-order valence-electron chi connectivity index (χ1n) is 6.77. The Morgan fingerprint density at radius 1 is 1.22 bits per heavy atom. The number of nitrogens with zero attached hydrogens (tertiary/aromatic N) is 3. The maximum absolute atomic E-state index is 11.5. The first-order chi connectivity index (χ1) is 11.1. The van der Waals surface area contributed by atoms with E-state index >= 15 is 0 Å². The van der Waals surface area contributed by atoms with E-state index in [1.54, 1.807) is 10.7 Å². The summed E-state index contributed by atoms with van der Waals surface area (Å²) in [5.74, 6) is -0.156. The summed E-state index contributed by atoms with van der Waals surface area (Å²) in [6.07, 6.45) is 0. The molecule has 0 aliphatic rings. The zero-order valence-electron chi connectivity index (χ0n) is 11.9. The maximum atomic E-state index is 11.5. The highest BCUT2D eigenvalue weighted by Gasteiger charge is 2.17. The zero-order chi connectivity index (χ0) is 16.4. The molecule has 7 heteroatoms. The Kier molecular flexibility index (Phi) is 4.45. The SMILES string of the molecule is NC(=O)c1nc(-c2ccccc2)n(-c2ccc(Cl)c(CBr)c2)n1. The lowest BCUT2D eigenvalue weighted by molar-refractivity contribution is 0.0990. The minimum atomic E-state index is -0.671. The first-order valence-corrected chi connectivity index (χ1v) is 8.27. The molecule has 0 saturated heterocycles. The zero-order valence-corrected chi connectivity index (χ0v) is 14.3. The number of primary amides is 1. The van der Waals surface area contributed by atoms with Gasteiger partial charge in [-0.2, -0.15) is 0 Å². The minimum absolute atomic E-state index is 0.0285. The van der Waals surface area contributed by atoms with Gasteiger partial charge < -0.3 is 5.73 Å². The van der Waals surface area contributed by atoms with Crippen molar-refractivity contribution in [3.8, 4) is 17.1 Å². The van der Waals surface area contributed by atoms with E-state index in [0.717, 1.165) is 16.8 Å². The summed E-state index contributed by atoms with van der Waals surface area (Å²) in [6, 6.07) is 15.0. The van der Waals surface area contributed by atoms with Crippen LogP contribution in [-0.2, 0) is 5.33 Å². The van der Waals surface area contributed by atoms with Crippen molar-refractivity contribution in [2.45, 2.75) is 5.33 Å². The summed E-state index contributed by atoms with van der Waals surface area (Å²) in [7, 11) is 0. The lowest BCUT2D eigenvalue weighted by Gasteiger charge is -2.08. The van der Waals surface area contributed by atoms with Gasteiger partial charge in [0.05, 0.1) is 5.69 Å². The van der Waals surface area contributed by atoms with Gasteiger partial charge in [0.2, 0.25) is 5.82 Å². The average Bonchev–Trinajstić information content (AvgIpc) is 3.02. The van der Waals surface area contributed by atoms with Crippen LogP contribution in [0.25, 0.3) is 17.1 Å². The molecule has 0 fully saturated rings. The van der Waals surface area contributed by atoms with E-state index in [1.165, 1.54) is 0 Å². The third kappa shape index (κ3) is 3.13. The quantitative estimate of drug-likeness (QED) is 0.691. The molecule has 0 unspecified atom stereocenters. The van der Waals surface area contributed by atoms with Crippen LogP contribution in [-0.4, -0.2) is 20.7 Å². The highest BCUT2D eigenvalue weighted by atomic mass is 79.9. The summed E-state index contributed by atoms with van der Waals surface area (Å²) in [5, 5.41) is 5.50. The molecule has 0 radical (unpaired) electrons. The number of benzene rings is 2. The Morgan fingerprint density at radius 3 is 2.61 bits per heavy atom. The summed E-state index contributed by atoms with van der Waals surface area (Å²) in [5.41, 5.74) is 7.83. The van der Waals surface area contributed by atoms with Gasteiger partial charge in [-0.05, 0) is 23.8 Å². The standard InChI is InChI=1S/C16H12BrClN4O/c17-9-11-8-12(6-7-13(11)18)22-16(10-4-2-1-3-5-10)20-15(21-22)14(19)23/h1-8H,9H2,(H2,19,23). The predicted octanol–water partition coefficient (Wildman–Crippen LogP) is 3.58. The first kappa shape index (κ1) is 15.7. The average molecular weight is 392 g/mol. The molecule has 0 aliphatic carbocycles. The van der Waals surface area contributed by atoms with E-state index in [2.05, 4.69) is 26.0 Å². The molecule has 2 aromatic carbocycles. The number of nitrogens with two attached hydrogens (primary N) is 1. The number of amides is 1. The Bertz CT molecular complexity index is 864. The third-order valence-electron chi connectivity index (χ3n) is 3.28. The number of halogens is 2. The molecule has 3 aromatic rings. The van der Waals surface area contributed by atoms with Crippen LogP contribution in [0.1, 0.15) is 16.2 Å². The molecule has 5 nitrogen and oxygen atoms in total. The van der Waals surface area contributed by atoms with Crippen molar-refractivity contribution in [1.82, 2.24) is 14.8 Å². The van der Waals surface area contributed by atoms with Crippen molar-refractivity contribution in [2.24, 2.45) is 5.73 Å². The molecule has 1 heterocycles. The van der Waals surface area contributed by atoms with Crippen LogP contribution in [0.4, 0.5) is 0 Å². The summed E-state index contributed by atoms with van der Waals surface area (Å²) >= 11 is 9.55. The summed E-state index contributed by atoms with van der Waals surface area (Å²) < 4.78 is 1.60. The lowest BCUT2D eigenvalue weighted by Crippen LogP contribution is -2.13. The fourth-order valence-electron chi connectivity index (χ4n) is 2.17. The number of carbonyl (C=O) groups excluding carboxylic acids is 1. The van der Waals surface area contributed by atoms with Crippen LogP contribution >= 0.6 is 27.5 Å². The molecule has 0 bridgehead atoms. The molecule has 0 saturated carbocycles. The molecule has 0 atom stereocenters. The Balaban J connectivity index is 2.20. The molecular weight excluding hydrogens is 380 g/mol. The number of aromatic nitrogens is 3.